The third kappa shape index (κ3) is 1.90. The van der Waals surface area contributed by atoms with Crippen LogP contribution in [0, 0.1) is 14.2 Å². The number of imidazole rings is 1. The van der Waals surface area contributed by atoms with Gasteiger partial charge in [0.15, 0.2) is 4.77 Å². The van der Waals surface area contributed by atoms with E-state index in [1.807, 2.05) is 34.1 Å². The number of fused-ring (bicyclic) bond motifs is 1. The molecule has 0 amide bonds. The Morgan fingerprint density at radius 2 is 2.33 bits per heavy atom. The summed E-state index contributed by atoms with van der Waals surface area (Å²) in [5.41, 5.74) is 1.70. The third-order valence-electron chi connectivity index (χ3n) is 3.43. The van der Waals surface area contributed by atoms with Crippen molar-refractivity contribution < 1.29 is 9.13 Å². The quantitative estimate of drug-likeness (QED) is 0.605. The van der Waals surface area contributed by atoms with Crippen molar-refractivity contribution in [3.8, 4) is 0 Å². The number of nitrogens with zero attached hydrogens (tertiary/aromatic N) is 1. The van der Waals surface area contributed by atoms with E-state index in [1.165, 1.54) is 0 Å². The van der Waals surface area contributed by atoms with E-state index in [9.17, 15) is 4.39 Å². The summed E-state index contributed by atoms with van der Waals surface area (Å²) in [6, 6.07) is 3.53. The van der Waals surface area contributed by atoms with Crippen molar-refractivity contribution in [3.05, 3.63) is 26.3 Å². The molecule has 2 unspecified atom stereocenters. The molecule has 1 aliphatic heterocycles. The van der Waals surface area contributed by atoms with E-state index in [1.54, 1.807) is 12.1 Å². The Labute approximate surface area is 122 Å². The Morgan fingerprint density at radius 1 is 1.56 bits per heavy atom. The summed E-state index contributed by atoms with van der Waals surface area (Å²) >= 11 is 7.34. The molecule has 6 heteroatoms. The highest BCUT2D eigenvalue weighted by Gasteiger charge is 2.28. The van der Waals surface area contributed by atoms with Crippen LogP contribution in [0.15, 0.2) is 12.1 Å². The first kappa shape index (κ1) is 12.6. The van der Waals surface area contributed by atoms with E-state index in [0.29, 0.717) is 8.34 Å². The van der Waals surface area contributed by atoms with Gasteiger partial charge in [-0.3, -0.25) is 0 Å². The van der Waals surface area contributed by atoms with Gasteiger partial charge in [-0.05, 0) is 54.2 Å². The Balaban J connectivity index is 2.25. The SMILES string of the molecule is CC1OCCC1n1c(=S)[nH]c2cc(I)c(F)cc21. The number of H-pyrrole nitrogens is 1. The lowest BCUT2D eigenvalue weighted by Gasteiger charge is -2.16. The molecule has 3 nitrogen and oxygen atoms in total. The van der Waals surface area contributed by atoms with Crippen molar-refractivity contribution in [1.82, 2.24) is 9.55 Å². The Bertz CT molecular complexity index is 666. The summed E-state index contributed by atoms with van der Waals surface area (Å²) in [6.45, 7) is 2.76. The van der Waals surface area contributed by atoms with E-state index >= 15 is 0 Å². The molecule has 0 bridgehead atoms. The molecule has 2 atom stereocenters. The maximum Gasteiger partial charge on any atom is 0.178 e. The lowest BCUT2D eigenvalue weighted by atomic mass is 10.1. The van der Waals surface area contributed by atoms with Gasteiger partial charge >= 0.3 is 0 Å². The van der Waals surface area contributed by atoms with Crippen LogP contribution < -0.4 is 0 Å². The summed E-state index contributed by atoms with van der Waals surface area (Å²) in [5, 5.41) is 0. The minimum absolute atomic E-state index is 0.109. The van der Waals surface area contributed by atoms with Gasteiger partial charge < -0.3 is 14.3 Å². The average molecular weight is 378 g/mol. The first-order chi connectivity index (χ1) is 8.58. The van der Waals surface area contributed by atoms with Crippen LogP contribution in [-0.4, -0.2) is 22.3 Å². The molecule has 18 heavy (non-hydrogen) atoms. The van der Waals surface area contributed by atoms with Crippen LogP contribution in [0.4, 0.5) is 4.39 Å². The van der Waals surface area contributed by atoms with Gasteiger partial charge in [0.25, 0.3) is 0 Å². The van der Waals surface area contributed by atoms with Crippen LogP contribution >= 0.6 is 34.8 Å². The number of aromatic amines is 1. The predicted octanol–water partition coefficient (Wildman–Crippen LogP) is 3.79. The minimum atomic E-state index is -0.211. The zero-order chi connectivity index (χ0) is 12.9. The molecule has 1 N–H and O–H groups in total. The summed E-state index contributed by atoms with van der Waals surface area (Å²) in [6.07, 6.45) is 1.02. The molecule has 1 aromatic carbocycles. The largest absolute Gasteiger partial charge is 0.376 e. The highest BCUT2D eigenvalue weighted by atomic mass is 127. The second-order valence-corrected chi connectivity index (χ2v) is 6.06. The standard InChI is InChI=1S/C12H12FIN2OS/c1-6-10(2-3-17-6)16-11-4-7(13)8(14)5-9(11)15-12(16)18/h4-6,10H,2-3H2,1H3,(H,15,18). The summed E-state index contributed by atoms with van der Waals surface area (Å²) in [7, 11) is 0. The normalized spacial score (nSPS) is 23.9. The zero-order valence-electron chi connectivity index (χ0n) is 9.74. The molecule has 2 aromatic rings. The second kappa shape index (κ2) is 4.57. The van der Waals surface area contributed by atoms with Crippen LogP contribution in [0.2, 0.25) is 0 Å². The van der Waals surface area contributed by atoms with E-state index < -0.39 is 0 Å². The summed E-state index contributed by atoms with van der Waals surface area (Å²) in [4.78, 5) is 3.14. The Morgan fingerprint density at radius 3 is 3.00 bits per heavy atom. The third-order valence-corrected chi connectivity index (χ3v) is 4.55. The molecule has 3 rings (SSSR count). The number of halogens is 2. The lowest BCUT2D eigenvalue weighted by Crippen LogP contribution is -2.16. The van der Waals surface area contributed by atoms with Crippen LogP contribution in [-0.2, 0) is 4.74 Å². The number of nitrogens with one attached hydrogen (secondary N) is 1. The first-order valence-electron chi connectivity index (χ1n) is 5.79. The average Bonchev–Trinajstić information content (AvgIpc) is 2.83. The molecule has 0 aliphatic carbocycles. The monoisotopic (exact) mass is 378 g/mol. The van der Waals surface area contributed by atoms with E-state index in [0.717, 1.165) is 24.1 Å². The van der Waals surface area contributed by atoms with Crippen LogP contribution in [0.5, 0.6) is 0 Å². The van der Waals surface area contributed by atoms with Gasteiger partial charge in [-0.2, -0.15) is 0 Å². The van der Waals surface area contributed by atoms with Crippen molar-refractivity contribution in [2.75, 3.05) is 6.61 Å². The fourth-order valence-electron chi connectivity index (χ4n) is 2.51. The fourth-order valence-corrected chi connectivity index (χ4v) is 3.32. The van der Waals surface area contributed by atoms with Gasteiger partial charge in [0.1, 0.15) is 5.82 Å². The number of ether oxygens (including phenoxy) is 1. The molecule has 2 heterocycles. The van der Waals surface area contributed by atoms with Gasteiger partial charge in [0.2, 0.25) is 0 Å². The number of benzene rings is 1. The molecule has 1 fully saturated rings. The maximum atomic E-state index is 13.7. The Kier molecular flexibility index (Phi) is 3.19. The van der Waals surface area contributed by atoms with Gasteiger partial charge in [-0.1, -0.05) is 0 Å². The molecule has 1 saturated heterocycles. The van der Waals surface area contributed by atoms with Crippen molar-refractivity contribution in [2.45, 2.75) is 25.5 Å². The van der Waals surface area contributed by atoms with Crippen LogP contribution in [0.1, 0.15) is 19.4 Å². The lowest BCUT2D eigenvalue weighted by molar-refractivity contribution is 0.108. The highest BCUT2D eigenvalue weighted by Crippen LogP contribution is 2.31. The van der Waals surface area contributed by atoms with E-state index in [2.05, 4.69) is 4.98 Å². The van der Waals surface area contributed by atoms with Crippen LogP contribution in [0.25, 0.3) is 11.0 Å². The summed E-state index contributed by atoms with van der Waals surface area (Å²) < 4.78 is 22.5. The van der Waals surface area contributed by atoms with Crippen molar-refractivity contribution in [1.29, 1.82) is 0 Å². The number of rotatable bonds is 1. The van der Waals surface area contributed by atoms with E-state index in [4.69, 9.17) is 17.0 Å². The molecule has 0 spiro atoms. The molecule has 0 saturated carbocycles. The van der Waals surface area contributed by atoms with Crippen LogP contribution in [0.3, 0.4) is 0 Å². The fraction of sp³-hybridized carbons (Fsp3) is 0.417. The Hall–Kier alpha value is -0.470. The molecular formula is C12H12FIN2OS. The topological polar surface area (TPSA) is 29.9 Å². The minimum Gasteiger partial charge on any atom is -0.376 e. The smallest absolute Gasteiger partial charge is 0.178 e. The van der Waals surface area contributed by atoms with E-state index in [-0.39, 0.29) is 18.0 Å². The second-order valence-electron chi connectivity index (χ2n) is 4.52. The number of hydrogen-bond acceptors (Lipinski definition) is 2. The molecule has 1 aliphatic rings. The highest BCUT2D eigenvalue weighted by molar-refractivity contribution is 14.1. The summed E-state index contributed by atoms with van der Waals surface area (Å²) in [5.74, 6) is -0.211. The molecule has 96 valence electrons. The number of aromatic nitrogens is 2. The molecule has 1 aromatic heterocycles. The first-order valence-corrected chi connectivity index (χ1v) is 7.27. The van der Waals surface area contributed by atoms with Crippen molar-refractivity contribution >= 4 is 45.8 Å². The van der Waals surface area contributed by atoms with Crippen molar-refractivity contribution in [3.63, 3.8) is 0 Å². The molecular weight excluding hydrogens is 366 g/mol. The number of hydrogen-bond donors (Lipinski definition) is 1. The van der Waals surface area contributed by atoms with Gasteiger partial charge in [0.05, 0.1) is 26.7 Å². The van der Waals surface area contributed by atoms with Gasteiger partial charge in [-0.25, -0.2) is 4.39 Å². The van der Waals surface area contributed by atoms with Crippen molar-refractivity contribution in [2.24, 2.45) is 0 Å². The zero-order valence-corrected chi connectivity index (χ0v) is 12.7. The van der Waals surface area contributed by atoms with Gasteiger partial charge in [-0.15, -0.1) is 0 Å². The maximum absolute atomic E-state index is 13.7. The van der Waals surface area contributed by atoms with Gasteiger partial charge in [0, 0.05) is 12.7 Å². The predicted molar refractivity (Wildman–Crippen MR) is 78.9 cm³/mol. The molecule has 0 radical (unpaired) electrons.